The second kappa shape index (κ2) is 9.04. The monoisotopic (exact) mass is 377 g/mol. The van der Waals surface area contributed by atoms with Gasteiger partial charge in [0.25, 0.3) is 0 Å². The molecule has 0 aliphatic carbocycles. The van der Waals surface area contributed by atoms with Crippen LogP contribution in [0.25, 0.3) is 10.9 Å². The van der Waals surface area contributed by atoms with Crippen LogP contribution < -0.4 is 5.32 Å². The number of aromatic nitrogens is 1. The molecule has 1 aromatic heterocycles. The first-order chi connectivity index (χ1) is 13.8. The highest BCUT2D eigenvalue weighted by Gasteiger charge is 2.20. The number of aryl methyl sites for hydroxylation is 1. The van der Waals surface area contributed by atoms with Crippen molar-refractivity contribution < 1.29 is 9.53 Å². The van der Waals surface area contributed by atoms with E-state index in [0.29, 0.717) is 6.42 Å². The largest absolute Gasteiger partial charge is 0.379 e. The van der Waals surface area contributed by atoms with Crippen molar-refractivity contribution in [3.05, 3.63) is 71.9 Å². The molecule has 2 N–H and O–H groups in total. The number of H-pyrrole nitrogens is 1. The van der Waals surface area contributed by atoms with Crippen LogP contribution in [0.4, 0.5) is 0 Å². The van der Waals surface area contributed by atoms with Crippen LogP contribution in [-0.4, -0.2) is 48.6 Å². The summed E-state index contributed by atoms with van der Waals surface area (Å²) in [6, 6.07) is 18.5. The van der Waals surface area contributed by atoms with E-state index in [1.165, 1.54) is 10.9 Å². The molecule has 28 heavy (non-hydrogen) atoms. The molecule has 4 rings (SSSR count). The maximum atomic E-state index is 12.7. The van der Waals surface area contributed by atoms with E-state index in [0.717, 1.165) is 50.3 Å². The Balaban J connectivity index is 1.40. The van der Waals surface area contributed by atoms with Crippen LogP contribution in [-0.2, 0) is 16.0 Å². The maximum Gasteiger partial charge on any atom is 0.220 e. The Hall–Kier alpha value is -2.63. The number of ether oxygens (including phenoxy) is 1. The van der Waals surface area contributed by atoms with Gasteiger partial charge in [-0.3, -0.25) is 9.69 Å². The van der Waals surface area contributed by atoms with Crippen molar-refractivity contribution in [2.75, 3.05) is 32.8 Å². The van der Waals surface area contributed by atoms with Gasteiger partial charge in [-0.1, -0.05) is 48.5 Å². The van der Waals surface area contributed by atoms with Crippen LogP contribution in [0.2, 0.25) is 0 Å². The van der Waals surface area contributed by atoms with Crippen LogP contribution in [0.3, 0.4) is 0 Å². The maximum absolute atomic E-state index is 12.7. The number of rotatable bonds is 7. The van der Waals surface area contributed by atoms with Crippen molar-refractivity contribution in [3.8, 4) is 0 Å². The van der Waals surface area contributed by atoms with Crippen molar-refractivity contribution in [1.82, 2.24) is 15.2 Å². The Morgan fingerprint density at radius 2 is 1.82 bits per heavy atom. The molecular weight excluding hydrogens is 350 g/mol. The normalized spacial score (nSPS) is 16.1. The van der Waals surface area contributed by atoms with Crippen LogP contribution in [0.5, 0.6) is 0 Å². The summed E-state index contributed by atoms with van der Waals surface area (Å²) < 4.78 is 5.45. The highest BCUT2D eigenvalue weighted by atomic mass is 16.5. The van der Waals surface area contributed by atoms with E-state index in [2.05, 4.69) is 39.5 Å². The zero-order valence-corrected chi connectivity index (χ0v) is 16.1. The highest BCUT2D eigenvalue weighted by Crippen LogP contribution is 2.20. The number of fused-ring (bicyclic) bond motifs is 1. The fraction of sp³-hybridized carbons (Fsp3) is 0.348. The molecule has 1 atom stereocenters. The summed E-state index contributed by atoms with van der Waals surface area (Å²) in [4.78, 5) is 18.4. The average molecular weight is 377 g/mol. The number of morpholine rings is 1. The van der Waals surface area contributed by atoms with Crippen LogP contribution in [0.1, 0.15) is 23.6 Å². The molecule has 1 amide bonds. The number of benzene rings is 2. The van der Waals surface area contributed by atoms with Gasteiger partial charge >= 0.3 is 0 Å². The van der Waals surface area contributed by atoms with Gasteiger partial charge in [-0.15, -0.1) is 0 Å². The van der Waals surface area contributed by atoms with Gasteiger partial charge in [-0.2, -0.15) is 0 Å². The molecule has 2 aromatic carbocycles. The van der Waals surface area contributed by atoms with Crippen molar-refractivity contribution in [2.45, 2.75) is 18.9 Å². The second-order valence-electron chi connectivity index (χ2n) is 7.30. The number of carbonyl (C=O) groups excluding carboxylic acids is 1. The fourth-order valence-electron chi connectivity index (χ4n) is 3.81. The Bertz CT molecular complexity index is 900. The Morgan fingerprint density at radius 3 is 2.64 bits per heavy atom. The van der Waals surface area contributed by atoms with Crippen molar-refractivity contribution in [2.24, 2.45) is 0 Å². The minimum absolute atomic E-state index is 0.00484. The van der Waals surface area contributed by atoms with Gasteiger partial charge in [0.1, 0.15) is 0 Å². The van der Waals surface area contributed by atoms with Gasteiger partial charge in [0.15, 0.2) is 0 Å². The molecule has 0 saturated carbocycles. The molecule has 1 aliphatic rings. The first-order valence-corrected chi connectivity index (χ1v) is 9.99. The standard InChI is InChI=1S/C23H27N3O2/c27-23(11-10-19-16-24-21-9-5-4-8-20(19)21)25-22(18-6-2-1-3-7-18)17-26-12-14-28-15-13-26/h1-9,16,22,24H,10-15,17H2,(H,25,27). The lowest BCUT2D eigenvalue weighted by atomic mass is 10.0. The van der Waals surface area contributed by atoms with Crippen molar-refractivity contribution in [1.29, 1.82) is 0 Å². The first-order valence-electron chi connectivity index (χ1n) is 9.99. The summed E-state index contributed by atoms with van der Waals surface area (Å²) >= 11 is 0. The summed E-state index contributed by atoms with van der Waals surface area (Å²) in [6.07, 6.45) is 3.23. The molecule has 1 saturated heterocycles. The molecule has 5 heteroatoms. The van der Waals surface area contributed by atoms with Crippen LogP contribution in [0, 0.1) is 0 Å². The van der Waals surface area contributed by atoms with E-state index in [1.54, 1.807) is 0 Å². The Labute approximate surface area is 165 Å². The third-order valence-electron chi connectivity index (χ3n) is 5.38. The molecule has 1 aliphatic heterocycles. The Morgan fingerprint density at radius 1 is 1.07 bits per heavy atom. The molecule has 1 fully saturated rings. The summed E-state index contributed by atoms with van der Waals surface area (Å²) in [5, 5.41) is 4.46. The number of nitrogens with one attached hydrogen (secondary N) is 2. The number of carbonyl (C=O) groups is 1. The molecule has 146 valence electrons. The van der Waals surface area contributed by atoms with E-state index in [9.17, 15) is 4.79 Å². The molecule has 1 unspecified atom stereocenters. The molecule has 5 nitrogen and oxygen atoms in total. The number of hydrogen-bond donors (Lipinski definition) is 2. The summed E-state index contributed by atoms with van der Waals surface area (Å²) in [5.74, 6) is 0.0902. The SMILES string of the molecule is O=C(CCc1c[nH]c2ccccc12)NC(CN1CCOCC1)c1ccccc1. The third-order valence-corrected chi connectivity index (χ3v) is 5.38. The molecular formula is C23H27N3O2. The van der Waals surface area contributed by atoms with E-state index >= 15 is 0 Å². The van der Waals surface area contributed by atoms with Gasteiger partial charge < -0.3 is 15.0 Å². The van der Waals surface area contributed by atoms with E-state index in [1.807, 2.05) is 36.5 Å². The third kappa shape index (κ3) is 4.61. The second-order valence-corrected chi connectivity index (χ2v) is 7.30. The lowest BCUT2D eigenvalue weighted by Gasteiger charge is -2.31. The van der Waals surface area contributed by atoms with Crippen molar-refractivity contribution in [3.63, 3.8) is 0 Å². The van der Waals surface area contributed by atoms with E-state index in [-0.39, 0.29) is 11.9 Å². The number of amides is 1. The van der Waals surface area contributed by atoms with Gasteiger partial charge in [0, 0.05) is 43.2 Å². The highest BCUT2D eigenvalue weighted by molar-refractivity contribution is 5.84. The minimum Gasteiger partial charge on any atom is -0.379 e. The van der Waals surface area contributed by atoms with Gasteiger partial charge in [0.05, 0.1) is 19.3 Å². The zero-order valence-electron chi connectivity index (χ0n) is 16.1. The quantitative estimate of drug-likeness (QED) is 0.664. The number of nitrogens with zero attached hydrogens (tertiary/aromatic N) is 1. The number of para-hydroxylation sites is 1. The first kappa shape index (κ1) is 18.7. The average Bonchev–Trinajstić information content (AvgIpc) is 3.16. The molecule has 0 bridgehead atoms. The van der Waals surface area contributed by atoms with Crippen LogP contribution >= 0.6 is 0 Å². The lowest BCUT2D eigenvalue weighted by Crippen LogP contribution is -2.43. The summed E-state index contributed by atoms with van der Waals surface area (Å²) in [7, 11) is 0. The summed E-state index contributed by atoms with van der Waals surface area (Å²) in [5.41, 5.74) is 3.46. The summed E-state index contributed by atoms with van der Waals surface area (Å²) in [6.45, 7) is 4.15. The predicted octanol–water partition coefficient (Wildman–Crippen LogP) is 3.29. The lowest BCUT2D eigenvalue weighted by molar-refractivity contribution is -0.122. The van der Waals surface area contributed by atoms with Crippen molar-refractivity contribution >= 4 is 16.8 Å². The van der Waals surface area contributed by atoms with E-state index in [4.69, 9.17) is 4.74 Å². The number of aromatic amines is 1. The zero-order chi connectivity index (χ0) is 19.2. The van der Waals surface area contributed by atoms with Gasteiger partial charge in [0.2, 0.25) is 5.91 Å². The number of hydrogen-bond acceptors (Lipinski definition) is 3. The molecule has 0 spiro atoms. The Kier molecular flexibility index (Phi) is 6.04. The fourth-order valence-corrected chi connectivity index (χ4v) is 3.81. The minimum atomic E-state index is -0.00484. The van der Waals surface area contributed by atoms with Gasteiger partial charge in [-0.25, -0.2) is 0 Å². The van der Waals surface area contributed by atoms with Crippen LogP contribution in [0.15, 0.2) is 60.8 Å². The molecule has 2 heterocycles. The smallest absolute Gasteiger partial charge is 0.220 e. The molecule has 3 aromatic rings. The molecule has 0 radical (unpaired) electrons. The van der Waals surface area contributed by atoms with Gasteiger partial charge in [-0.05, 0) is 23.6 Å². The topological polar surface area (TPSA) is 57.4 Å². The van der Waals surface area contributed by atoms with E-state index < -0.39 is 0 Å². The predicted molar refractivity (Wildman–Crippen MR) is 111 cm³/mol.